The molecule has 1 heterocycles. The van der Waals surface area contributed by atoms with Crippen molar-refractivity contribution >= 4 is 11.9 Å². The van der Waals surface area contributed by atoms with Crippen LogP contribution in [0.15, 0.2) is 0 Å². The van der Waals surface area contributed by atoms with Crippen molar-refractivity contribution in [3.8, 4) is 0 Å². The van der Waals surface area contributed by atoms with Gasteiger partial charge in [-0.15, -0.1) is 0 Å². The molecule has 0 spiro atoms. The van der Waals surface area contributed by atoms with Gasteiger partial charge < -0.3 is 15.5 Å². The first kappa shape index (κ1) is 17.9. The molecule has 1 amide bonds. The number of piperidine rings is 1. The molecule has 1 fully saturated rings. The smallest absolute Gasteiger partial charge is 0.317 e. The zero-order valence-corrected chi connectivity index (χ0v) is 13.4. The molecule has 0 radical (unpaired) electrons. The monoisotopic (exact) mass is 300 g/mol. The highest BCUT2D eigenvalue weighted by molar-refractivity contribution is 5.81. The minimum Gasteiger partial charge on any atom is -0.480 e. The Morgan fingerprint density at radius 3 is 2.43 bits per heavy atom. The van der Waals surface area contributed by atoms with Crippen LogP contribution < -0.4 is 5.32 Å². The summed E-state index contributed by atoms with van der Waals surface area (Å²) in [5.74, 6) is -0.940. The Balaban J connectivity index is 2.73. The van der Waals surface area contributed by atoms with E-state index in [-0.39, 0.29) is 24.4 Å². The Morgan fingerprint density at radius 1 is 1.33 bits per heavy atom. The van der Waals surface area contributed by atoms with Crippen molar-refractivity contribution in [2.45, 2.75) is 52.7 Å². The molecule has 3 atom stereocenters. The molecule has 0 aromatic rings. The Kier molecular flexibility index (Phi) is 6.16. The number of carbonyl (C=O) groups is 2. The third kappa shape index (κ3) is 5.63. The van der Waals surface area contributed by atoms with Gasteiger partial charge in [-0.1, -0.05) is 27.7 Å². The van der Waals surface area contributed by atoms with E-state index in [0.717, 1.165) is 0 Å². The number of aliphatic hydroxyl groups excluding tert-OH is 1. The topological polar surface area (TPSA) is 89.9 Å². The first-order valence-corrected chi connectivity index (χ1v) is 7.56. The van der Waals surface area contributed by atoms with Gasteiger partial charge in [-0.3, -0.25) is 14.5 Å². The second-order valence-electron chi connectivity index (χ2n) is 6.98. The lowest BCUT2D eigenvalue weighted by Gasteiger charge is -2.39. The van der Waals surface area contributed by atoms with Gasteiger partial charge in [-0.05, 0) is 18.8 Å². The normalized spacial score (nSPS) is 25.4. The zero-order valence-electron chi connectivity index (χ0n) is 13.4. The van der Waals surface area contributed by atoms with Crippen LogP contribution in [-0.2, 0) is 9.59 Å². The number of likely N-dealkylation sites (tertiary alicyclic amines) is 1. The second-order valence-corrected chi connectivity index (χ2v) is 6.98. The first-order valence-electron chi connectivity index (χ1n) is 7.56. The Morgan fingerprint density at radius 2 is 1.95 bits per heavy atom. The van der Waals surface area contributed by atoms with E-state index < -0.39 is 17.5 Å². The van der Waals surface area contributed by atoms with Crippen molar-refractivity contribution in [2.75, 3.05) is 19.6 Å². The third-order valence-corrected chi connectivity index (χ3v) is 3.90. The number of carbonyl (C=O) groups excluding carboxylic acids is 1. The molecule has 3 N–H and O–H groups in total. The number of aliphatic hydroxyl groups is 1. The average molecular weight is 300 g/mol. The maximum Gasteiger partial charge on any atom is 0.317 e. The van der Waals surface area contributed by atoms with Gasteiger partial charge in [0.25, 0.3) is 0 Å². The molecule has 3 unspecified atom stereocenters. The molecule has 1 rings (SSSR count). The number of hydrogen-bond donors (Lipinski definition) is 3. The predicted octanol–water partition coefficient (Wildman–Crippen LogP) is 0.695. The molecule has 1 saturated heterocycles. The standard InChI is InChI=1S/C15H28N2O4/c1-5-12(18)10-6-11(16-14(21)15(2,3)4)8-17(7-10)9-13(19)20/h10-12,18H,5-9H2,1-4H3,(H,16,21)(H,19,20). The number of aliphatic carboxylic acids is 1. The van der Waals surface area contributed by atoms with Crippen LogP contribution in [-0.4, -0.2) is 58.8 Å². The van der Waals surface area contributed by atoms with Crippen LogP contribution in [0.25, 0.3) is 0 Å². The number of carboxylic acid groups (broad SMARTS) is 1. The van der Waals surface area contributed by atoms with E-state index in [0.29, 0.717) is 25.9 Å². The lowest BCUT2D eigenvalue weighted by Crippen LogP contribution is -2.55. The molecule has 122 valence electrons. The molecule has 6 nitrogen and oxygen atoms in total. The van der Waals surface area contributed by atoms with Crippen molar-refractivity contribution in [2.24, 2.45) is 11.3 Å². The van der Waals surface area contributed by atoms with Crippen molar-refractivity contribution in [1.29, 1.82) is 0 Å². The summed E-state index contributed by atoms with van der Waals surface area (Å²) in [4.78, 5) is 24.8. The van der Waals surface area contributed by atoms with Crippen LogP contribution in [0.5, 0.6) is 0 Å². The molecule has 0 bridgehead atoms. The minimum atomic E-state index is -0.887. The largest absolute Gasteiger partial charge is 0.480 e. The summed E-state index contributed by atoms with van der Waals surface area (Å²) in [6.07, 6.45) is 0.856. The maximum atomic E-state index is 12.1. The number of hydrogen-bond acceptors (Lipinski definition) is 4. The van der Waals surface area contributed by atoms with E-state index in [2.05, 4.69) is 5.32 Å². The zero-order chi connectivity index (χ0) is 16.2. The van der Waals surface area contributed by atoms with E-state index >= 15 is 0 Å². The van der Waals surface area contributed by atoms with E-state index in [9.17, 15) is 14.7 Å². The number of rotatable bonds is 5. The SMILES string of the molecule is CCC(O)C1CC(NC(=O)C(C)(C)C)CN(CC(=O)O)C1. The lowest BCUT2D eigenvalue weighted by molar-refractivity contribution is -0.139. The number of amides is 1. The number of nitrogens with zero attached hydrogens (tertiary/aromatic N) is 1. The predicted molar refractivity (Wildman–Crippen MR) is 79.9 cm³/mol. The highest BCUT2D eigenvalue weighted by atomic mass is 16.4. The van der Waals surface area contributed by atoms with E-state index in [1.165, 1.54) is 0 Å². The minimum absolute atomic E-state index is 0.00614. The molecule has 1 aliphatic rings. The molecular formula is C15H28N2O4. The lowest BCUT2D eigenvalue weighted by atomic mass is 9.87. The first-order chi connectivity index (χ1) is 9.63. The Labute approximate surface area is 126 Å². The molecular weight excluding hydrogens is 272 g/mol. The second kappa shape index (κ2) is 7.22. The summed E-state index contributed by atoms with van der Waals surface area (Å²) >= 11 is 0. The molecule has 1 aliphatic heterocycles. The quantitative estimate of drug-likeness (QED) is 0.695. The van der Waals surface area contributed by atoms with Gasteiger partial charge in [0.05, 0.1) is 12.6 Å². The van der Waals surface area contributed by atoms with Gasteiger partial charge in [-0.25, -0.2) is 0 Å². The third-order valence-electron chi connectivity index (χ3n) is 3.90. The number of nitrogens with one attached hydrogen (secondary N) is 1. The van der Waals surface area contributed by atoms with Crippen LogP contribution in [0.3, 0.4) is 0 Å². The molecule has 0 aliphatic carbocycles. The summed E-state index contributed by atoms with van der Waals surface area (Å²) in [7, 11) is 0. The van der Waals surface area contributed by atoms with Gasteiger partial charge in [0.1, 0.15) is 0 Å². The van der Waals surface area contributed by atoms with Gasteiger partial charge in [0.2, 0.25) is 5.91 Å². The highest BCUT2D eigenvalue weighted by Gasteiger charge is 2.34. The van der Waals surface area contributed by atoms with Crippen LogP contribution >= 0.6 is 0 Å². The number of carboxylic acids is 1. The molecule has 21 heavy (non-hydrogen) atoms. The van der Waals surface area contributed by atoms with E-state index in [1.807, 2.05) is 27.7 Å². The van der Waals surface area contributed by atoms with Crippen LogP contribution in [0.2, 0.25) is 0 Å². The summed E-state index contributed by atoms with van der Waals surface area (Å²) in [6.45, 7) is 8.46. The highest BCUT2D eigenvalue weighted by Crippen LogP contribution is 2.23. The molecule has 0 saturated carbocycles. The van der Waals surface area contributed by atoms with Gasteiger partial charge in [0.15, 0.2) is 0 Å². The summed E-state index contributed by atoms with van der Waals surface area (Å²) in [5.41, 5.74) is -0.478. The van der Waals surface area contributed by atoms with Gasteiger partial charge in [-0.2, -0.15) is 0 Å². The fourth-order valence-electron chi connectivity index (χ4n) is 2.67. The van der Waals surface area contributed by atoms with Crippen LogP contribution in [0, 0.1) is 11.3 Å². The molecule has 0 aromatic carbocycles. The molecule has 0 aromatic heterocycles. The fourth-order valence-corrected chi connectivity index (χ4v) is 2.67. The summed E-state index contributed by atoms with van der Waals surface area (Å²) in [6, 6.07) is -0.115. The average Bonchev–Trinajstić information content (AvgIpc) is 2.35. The summed E-state index contributed by atoms with van der Waals surface area (Å²) < 4.78 is 0. The van der Waals surface area contributed by atoms with Crippen molar-refractivity contribution < 1.29 is 19.8 Å². The maximum absolute atomic E-state index is 12.1. The van der Waals surface area contributed by atoms with Gasteiger partial charge >= 0.3 is 5.97 Å². The Hall–Kier alpha value is -1.14. The van der Waals surface area contributed by atoms with Gasteiger partial charge in [0, 0.05) is 24.5 Å². The summed E-state index contributed by atoms with van der Waals surface area (Å²) in [5, 5.41) is 22.0. The van der Waals surface area contributed by atoms with Crippen molar-refractivity contribution in [3.63, 3.8) is 0 Å². The van der Waals surface area contributed by atoms with Crippen molar-refractivity contribution in [3.05, 3.63) is 0 Å². The van der Waals surface area contributed by atoms with Crippen LogP contribution in [0.4, 0.5) is 0 Å². The van der Waals surface area contributed by atoms with E-state index in [1.54, 1.807) is 4.90 Å². The van der Waals surface area contributed by atoms with E-state index in [4.69, 9.17) is 5.11 Å². The Bertz CT molecular complexity index is 378. The van der Waals surface area contributed by atoms with Crippen molar-refractivity contribution in [1.82, 2.24) is 10.2 Å². The molecule has 6 heteroatoms. The van der Waals surface area contributed by atoms with Crippen LogP contribution in [0.1, 0.15) is 40.5 Å². The fraction of sp³-hybridized carbons (Fsp3) is 0.867.